The van der Waals surface area contributed by atoms with Crippen molar-refractivity contribution in [2.45, 2.75) is 52.9 Å². The van der Waals surface area contributed by atoms with Crippen LogP contribution in [0.15, 0.2) is 42.5 Å². The van der Waals surface area contributed by atoms with Crippen LogP contribution < -0.4 is 16.0 Å². The fraction of sp³-hybridized carbons (Fsp3) is 0.417. The van der Waals surface area contributed by atoms with Crippen LogP contribution in [0.25, 0.3) is 0 Å². The van der Waals surface area contributed by atoms with Gasteiger partial charge in [-0.25, -0.2) is 0 Å². The Bertz CT molecular complexity index is 833. The molecule has 156 valence electrons. The molecule has 0 aliphatic heterocycles. The van der Waals surface area contributed by atoms with Crippen molar-refractivity contribution in [3.8, 4) is 0 Å². The third-order valence-corrected chi connectivity index (χ3v) is 4.97. The van der Waals surface area contributed by atoms with Gasteiger partial charge in [0.25, 0.3) is 0 Å². The molecule has 0 atom stereocenters. The quantitative estimate of drug-likeness (QED) is 0.653. The highest BCUT2D eigenvalue weighted by Gasteiger charge is 2.18. The molecule has 0 bridgehead atoms. The Labute approximate surface area is 174 Å². The number of hydrogen-bond acceptors (Lipinski definition) is 3. The molecule has 0 unspecified atom stereocenters. The summed E-state index contributed by atoms with van der Waals surface area (Å²) in [6.07, 6.45) is 0.195. The maximum Gasteiger partial charge on any atom is 0.243 e. The number of nitrogens with one attached hydrogen (secondary N) is 1. The first-order valence-electron chi connectivity index (χ1n) is 10.2. The second-order valence-corrected chi connectivity index (χ2v) is 8.15. The number of hydrogen-bond donors (Lipinski definition) is 2. The summed E-state index contributed by atoms with van der Waals surface area (Å²) in [5.74, 6) is 0.111. The highest BCUT2D eigenvalue weighted by Crippen LogP contribution is 2.32. The lowest BCUT2D eigenvalue weighted by atomic mass is 9.92. The van der Waals surface area contributed by atoms with Crippen molar-refractivity contribution < 1.29 is 9.59 Å². The van der Waals surface area contributed by atoms with E-state index >= 15 is 0 Å². The highest BCUT2D eigenvalue weighted by molar-refractivity contribution is 5.96. The average Bonchev–Trinajstić information content (AvgIpc) is 2.64. The van der Waals surface area contributed by atoms with Crippen LogP contribution in [0.4, 0.5) is 11.4 Å². The normalized spacial score (nSPS) is 11.0. The van der Waals surface area contributed by atoms with Gasteiger partial charge in [0.05, 0.1) is 6.54 Å². The molecule has 0 radical (unpaired) electrons. The van der Waals surface area contributed by atoms with E-state index in [-0.39, 0.29) is 24.8 Å². The number of primary amides is 1. The average molecular weight is 396 g/mol. The summed E-state index contributed by atoms with van der Waals surface area (Å²) in [7, 11) is 0. The van der Waals surface area contributed by atoms with E-state index in [2.05, 4.69) is 45.1 Å². The number of para-hydroxylation sites is 1. The number of amides is 2. The lowest BCUT2D eigenvalue weighted by Gasteiger charge is -2.26. The van der Waals surface area contributed by atoms with Gasteiger partial charge in [-0.2, -0.15) is 0 Å². The number of rotatable bonds is 9. The first kappa shape index (κ1) is 22.5. The van der Waals surface area contributed by atoms with E-state index in [1.54, 1.807) is 0 Å². The fourth-order valence-corrected chi connectivity index (χ4v) is 3.42. The molecule has 2 aromatic carbocycles. The highest BCUT2D eigenvalue weighted by atomic mass is 16.2. The molecule has 0 aliphatic rings. The van der Waals surface area contributed by atoms with Crippen LogP contribution in [0.2, 0.25) is 0 Å². The van der Waals surface area contributed by atoms with Crippen molar-refractivity contribution in [1.29, 1.82) is 0 Å². The van der Waals surface area contributed by atoms with Gasteiger partial charge in [-0.1, -0.05) is 58.0 Å². The van der Waals surface area contributed by atoms with Gasteiger partial charge in [0.15, 0.2) is 0 Å². The summed E-state index contributed by atoms with van der Waals surface area (Å²) in [5, 5.41) is 3.15. The maximum absolute atomic E-state index is 13.0. The maximum atomic E-state index is 13.0. The molecule has 2 rings (SSSR count). The monoisotopic (exact) mass is 395 g/mol. The van der Waals surface area contributed by atoms with Crippen molar-refractivity contribution in [3.05, 3.63) is 59.2 Å². The van der Waals surface area contributed by atoms with Gasteiger partial charge in [-0.15, -0.1) is 0 Å². The Morgan fingerprint density at radius 2 is 1.59 bits per heavy atom. The van der Waals surface area contributed by atoms with Crippen LogP contribution in [-0.4, -0.2) is 24.9 Å². The number of anilines is 2. The summed E-state index contributed by atoms with van der Waals surface area (Å²) in [4.78, 5) is 26.2. The molecule has 0 spiro atoms. The Kier molecular flexibility index (Phi) is 7.82. The van der Waals surface area contributed by atoms with E-state index in [1.165, 1.54) is 0 Å². The Balaban J connectivity index is 2.27. The topological polar surface area (TPSA) is 75.4 Å². The van der Waals surface area contributed by atoms with Gasteiger partial charge < -0.3 is 16.0 Å². The number of nitrogens with zero attached hydrogens (tertiary/aromatic N) is 1. The largest absolute Gasteiger partial charge is 0.370 e. The van der Waals surface area contributed by atoms with E-state index in [0.717, 1.165) is 28.1 Å². The van der Waals surface area contributed by atoms with E-state index in [0.29, 0.717) is 18.4 Å². The van der Waals surface area contributed by atoms with E-state index in [9.17, 15) is 9.59 Å². The van der Waals surface area contributed by atoms with E-state index in [1.807, 2.05) is 42.2 Å². The van der Waals surface area contributed by atoms with Crippen LogP contribution in [-0.2, 0) is 9.59 Å². The minimum atomic E-state index is -0.379. The van der Waals surface area contributed by atoms with Gasteiger partial charge >= 0.3 is 0 Å². The van der Waals surface area contributed by atoms with Gasteiger partial charge in [0, 0.05) is 24.3 Å². The van der Waals surface area contributed by atoms with Crippen molar-refractivity contribution in [1.82, 2.24) is 0 Å². The standard InChI is InChI=1S/C24H33N3O2/c1-16(2)20-10-7-11-21(17(3)4)24(20)26-23(29)15-27(13-12-22(25)28)19-9-6-8-18(5)14-19/h6-11,14,16-17H,12-13,15H2,1-5H3,(H2,25,28)(H,26,29). The SMILES string of the molecule is Cc1cccc(N(CCC(N)=O)CC(=O)Nc2c(C(C)C)cccc2C(C)C)c1. The molecule has 2 aromatic rings. The third-order valence-electron chi connectivity index (χ3n) is 4.97. The van der Waals surface area contributed by atoms with Gasteiger partial charge in [-0.3, -0.25) is 9.59 Å². The number of carbonyl (C=O) groups excluding carboxylic acids is 2. The van der Waals surface area contributed by atoms with Gasteiger partial charge in [0.1, 0.15) is 0 Å². The predicted molar refractivity (Wildman–Crippen MR) is 120 cm³/mol. The van der Waals surface area contributed by atoms with Crippen LogP contribution in [0.1, 0.15) is 62.6 Å². The van der Waals surface area contributed by atoms with Gasteiger partial charge in [0.2, 0.25) is 11.8 Å². The first-order chi connectivity index (χ1) is 13.7. The van der Waals surface area contributed by atoms with Gasteiger partial charge in [-0.05, 0) is 47.6 Å². The number of nitrogens with two attached hydrogens (primary N) is 1. The molecule has 0 fully saturated rings. The lowest BCUT2D eigenvalue weighted by Crippen LogP contribution is -2.36. The summed E-state index contributed by atoms with van der Waals surface area (Å²) in [6.45, 7) is 11.1. The molecule has 29 heavy (non-hydrogen) atoms. The fourth-order valence-electron chi connectivity index (χ4n) is 3.42. The molecule has 0 heterocycles. The van der Waals surface area contributed by atoms with Crippen molar-refractivity contribution in [2.75, 3.05) is 23.3 Å². The second kappa shape index (κ2) is 10.1. The smallest absolute Gasteiger partial charge is 0.243 e. The minimum Gasteiger partial charge on any atom is -0.370 e. The molecule has 3 N–H and O–H groups in total. The Morgan fingerprint density at radius 1 is 1.00 bits per heavy atom. The summed E-state index contributed by atoms with van der Waals surface area (Å²) in [5.41, 5.74) is 10.5. The number of aryl methyl sites for hydroxylation is 1. The zero-order valence-corrected chi connectivity index (χ0v) is 18.2. The van der Waals surface area contributed by atoms with E-state index in [4.69, 9.17) is 5.73 Å². The zero-order valence-electron chi connectivity index (χ0n) is 18.2. The number of carbonyl (C=O) groups is 2. The Morgan fingerprint density at radius 3 is 2.10 bits per heavy atom. The Hall–Kier alpha value is -2.82. The summed E-state index contributed by atoms with van der Waals surface area (Å²) < 4.78 is 0. The molecule has 0 aromatic heterocycles. The molecular formula is C24H33N3O2. The van der Waals surface area contributed by atoms with Crippen molar-refractivity contribution in [3.63, 3.8) is 0 Å². The molecule has 2 amide bonds. The molecule has 5 heteroatoms. The van der Waals surface area contributed by atoms with E-state index < -0.39 is 0 Å². The number of benzene rings is 2. The van der Waals surface area contributed by atoms with Crippen LogP contribution in [0.3, 0.4) is 0 Å². The molecule has 5 nitrogen and oxygen atoms in total. The molecular weight excluding hydrogens is 362 g/mol. The zero-order chi connectivity index (χ0) is 21.6. The predicted octanol–water partition coefficient (Wildman–Crippen LogP) is 4.56. The lowest BCUT2D eigenvalue weighted by molar-refractivity contribution is -0.118. The molecule has 0 saturated carbocycles. The van der Waals surface area contributed by atoms with Crippen LogP contribution >= 0.6 is 0 Å². The van der Waals surface area contributed by atoms with Crippen LogP contribution in [0, 0.1) is 6.92 Å². The van der Waals surface area contributed by atoms with Crippen LogP contribution in [0.5, 0.6) is 0 Å². The van der Waals surface area contributed by atoms with Crippen molar-refractivity contribution in [2.24, 2.45) is 5.73 Å². The first-order valence-corrected chi connectivity index (χ1v) is 10.2. The summed E-state index contributed by atoms with van der Waals surface area (Å²) >= 11 is 0. The minimum absolute atomic E-state index is 0.106. The molecule has 0 saturated heterocycles. The summed E-state index contributed by atoms with van der Waals surface area (Å²) in [6, 6.07) is 14.1. The third kappa shape index (κ3) is 6.34. The molecule has 0 aliphatic carbocycles. The second-order valence-electron chi connectivity index (χ2n) is 8.15. The van der Waals surface area contributed by atoms with Crippen molar-refractivity contribution >= 4 is 23.2 Å².